The lowest BCUT2D eigenvalue weighted by molar-refractivity contribution is -0.121. The fourth-order valence-corrected chi connectivity index (χ4v) is 3.76. The second-order valence-corrected chi connectivity index (χ2v) is 6.20. The van der Waals surface area contributed by atoms with Crippen LogP contribution in [0.4, 0.5) is 0 Å². The van der Waals surface area contributed by atoms with Crippen molar-refractivity contribution < 1.29 is 4.79 Å². The van der Waals surface area contributed by atoms with E-state index in [2.05, 4.69) is 36.5 Å². The molecule has 2 nitrogen and oxygen atoms in total. The lowest BCUT2D eigenvalue weighted by Crippen LogP contribution is -2.39. The van der Waals surface area contributed by atoms with Gasteiger partial charge in [-0.1, -0.05) is 37.6 Å². The second kappa shape index (κ2) is 5.36. The molecule has 0 aliphatic heterocycles. The molecule has 1 aromatic rings. The quantitative estimate of drug-likeness (QED) is 0.882. The predicted octanol–water partition coefficient (Wildman–Crippen LogP) is 3.10. The summed E-state index contributed by atoms with van der Waals surface area (Å²) in [7, 11) is 0. The van der Waals surface area contributed by atoms with Crippen LogP contribution in [0.3, 0.4) is 0 Å². The van der Waals surface area contributed by atoms with E-state index in [0.29, 0.717) is 12.5 Å². The number of carbonyl (C=O) groups is 1. The third-order valence-electron chi connectivity index (χ3n) is 4.88. The highest BCUT2D eigenvalue weighted by atomic mass is 16.1. The maximum Gasteiger partial charge on any atom is 0.224 e. The normalized spacial score (nSPS) is 28.6. The van der Waals surface area contributed by atoms with Crippen LogP contribution in [0.1, 0.15) is 43.7 Å². The zero-order valence-corrected chi connectivity index (χ0v) is 11.7. The van der Waals surface area contributed by atoms with Crippen LogP contribution in [0.25, 0.3) is 0 Å². The largest absolute Gasteiger partial charge is 0.353 e. The van der Waals surface area contributed by atoms with Crippen molar-refractivity contribution in [3.63, 3.8) is 0 Å². The minimum atomic E-state index is 0.196. The summed E-state index contributed by atoms with van der Waals surface area (Å²) >= 11 is 0. The molecule has 0 saturated heterocycles. The van der Waals surface area contributed by atoms with Crippen molar-refractivity contribution in [2.45, 2.75) is 51.5 Å². The Balaban J connectivity index is 1.53. The highest BCUT2D eigenvalue weighted by Crippen LogP contribution is 2.44. The monoisotopic (exact) mass is 257 g/mol. The molecule has 0 unspecified atom stereocenters. The van der Waals surface area contributed by atoms with Crippen molar-refractivity contribution in [3.05, 3.63) is 35.4 Å². The van der Waals surface area contributed by atoms with Gasteiger partial charge in [-0.2, -0.15) is 0 Å². The van der Waals surface area contributed by atoms with Crippen LogP contribution in [-0.4, -0.2) is 11.9 Å². The first kappa shape index (κ1) is 12.7. The molecular weight excluding hydrogens is 234 g/mol. The number of benzene rings is 1. The zero-order chi connectivity index (χ0) is 13.2. The minimum Gasteiger partial charge on any atom is -0.353 e. The highest BCUT2D eigenvalue weighted by Gasteiger charge is 2.39. The Labute approximate surface area is 115 Å². The number of rotatable bonds is 4. The van der Waals surface area contributed by atoms with Gasteiger partial charge < -0.3 is 5.32 Å². The van der Waals surface area contributed by atoms with Crippen LogP contribution < -0.4 is 5.32 Å². The molecule has 2 aliphatic rings. The number of hydrogen-bond donors (Lipinski definition) is 1. The first-order valence-electron chi connectivity index (χ1n) is 7.61. The zero-order valence-electron chi connectivity index (χ0n) is 11.7. The van der Waals surface area contributed by atoms with Gasteiger partial charge >= 0.3 is 0 Å². The lowest BCUT2D eigenvalue weighted by Gasteiger charge is -2.22. The smallest absolute Gasteiger partial charge is 0.224 e. The van der Waals surface area contributed by atoms with Crippen LogP contribution in [0.5, 0.6) is 0 Å². The molecular formula is C17H23NO. The van der Waals surface area contributed by atoms with Crippen LogP contribution >= 0.6 is 0 Å². The van der Waals surface area contributed by atoms with Gasteiger partial charge in [-0.05, 0) is 48.6 Å². The predicted molar refractivity (Wildman–Crippen MR) is 76.9 cm³/mol. The molecule has 2 saturated carbocycles. The molecule has 1 aromatic carbocycles. The number of aryl methyl sites for hydroxylation is 1. The van der Waals surface area contributed by atoms with E-state index in [1.165, 1.54) is 31.2 Å². The molecule has 19 heavy (non-hydrogen) atoms. The van der Waals surface area contributed by atoms with Crippen molar-refractivity contribution in [1.82, 2.24) is 5.32 Å². The van der Waals surface area contributed by atoms with Crippen molar-refractivity contribution >= 4 is 5.91 Å². The van der Waals surface area contributed by atoms with Gasteiger partial charge in [-0.3, -0.25) is 4.79 Å². The van der Waals surface area contributed by atoms with Gasteiger partial charge in [0.15, 0.2) is 0 Å². The van der Waals surface area contributed by atoms with Crippen LogP contribution in [0.15, 0.2) is 24.3 Å². The van der Waals surface area contributed by atoms with Crippen molar-refractivity contribution in [2.24, 2.45) is 11.8 Å². The number of fused-ring (bicyclic) bond motifs is 2. The number of hydrogen-bond acceptors (Lipinski definition) is 1. The number of amides is 1. The molecule has 1 N–H and O–H groups in total. The molecule has 0 radical (unpaired) electrons. The van der Waals surface area contributed by atoms with Crippen LogP contribution in [0, 0.1) is 11.8 Å². The highest BCUT2D eigenvalue weighted by molar-refractivity contribution is 5.79. The summed E-state index contributed by atoms with van der Waals surface area (Å²) in [5, 5.41) is 3.25. The van der Waals surface area contributed by atoms with Gasteiger partial charge in [0.2, 0.25) is 5.91 Å². The lowest BCUT2D eigenvalue weighted by atomic mass is 9.95. The average molecular weight is 257 g/mol. The van der Waals surface area contributed by atoms with Gasteiger partial charge in [0.25, 0.3) is 0 Å². The van der Waals surface area contributed by atoms with Gasteiger partial charge in [0, 0.05) is 6.04 Å². The summed E-state index contributed by atoms with van der Waals surface area (Å²) in [4.78, 5) is 12.1. The first-order valence-corrected chi connectivity index (χ1v) is 7.61. The van der Waals surface area contributed by atoms with E-state index in [1.54, 1.807) is 0 Å². The Kier molecular flexibility index (Phi) is 3.58. The topological polar surface area (TPSA) is 29.1 Å². The molecule has 1 amide bonds. The maximum atomic E-state index is 12.1. The summed E-state index contributed by atoms with van der Waals surface area (Å²) < 4.78 is 0. The Morgan fingerprint density at radius 3 is 2.47 bits per heavy atom. The second-order valence-electron chi connectivity index (χ2n) is 6.20. The fourth-order valence-electron chi connectivity index (χ4n) is 3.76. The Bertz CT molecular complexity index is 451. The summed E-state index contributed by atoms with van der Waals surface area (Å²) in [6.45, 7) is 2.15. The number of carbonyl (C=O) groups excluding carboxylic acids is 1. The standard InChI is InChI=1S/C17H23NO/c1-2-12-3-5-13(6-4-12)11-17(19)18-16-10-14-7-8-15(16)9-14/h3-6,14-16H,2,7-11H2,1H3,(H,18,19)/t14-,15-,16+/m1/s1. The van der Waals surface area contributed by atoms with Gasteiger partial charge in [-0.25, -0.2) is 0 Å². The molecule has 0 aromatic heterocycles. The van der Waals surface area contributed by atoms with Crippen LogP contribution in [0.2, 0.25) is 0 Å². The van der Waals surface area contributed by atoms with E-state index in [1.807, 2.05) is 0 Å². The molecule has 0 spiro atoms. The Morgan fingerprint density at radius 2 is 1.89 bits per heavy atom. The van der Waals surface area contributed by atoms with E-state index in [4.69, 9.17) is 0 Å². The molecule has 3 atom stereocenters. The molecule has 102 valence electrons. The molecule has 2 fully saturated rings. The van der Waals surface area contributed by atoms with Crippen molar-refractivity contribution in [2.75, 3.05) is 0 Å². The average Bonchev–Trinajstić information content (AvgIpc) is 3.02. The van der Waals surface area contributed by atoms with Gasteiger partial charge in [0.05, 0.1) is 6.42 Å². The SMILES string of the molecule is CCc1ccc(CC(=O)N[C@H]2C[C@@H]3CC[C@@H]2C3)cc1. The van der Waals surface area contributed by atoms with Crippen LogP contribution in [-0.2, 0) is 17.6 Å². The number of nitrogens with one attached hydrogen (secondary N) is 1. The van der Waals surface area contributed by atoms with Crippen molar-refractivity contribution in [3.8, 4) is 0 Å². The Morgan fingerprint density at radius 1 is 1.16 bits per heavy atom. The molecule has 2 bridgehead atoms. The first-order chi connectivity index (χ1) is 9.24. The van der Waals surface area contributed by atoms with Gasteiger partial charge in [0.1, 0.15) is 0 Å². The van der Waals surface area contributed by atoms with Gasteiger partial charge in [-0.15, -0.1) is 0 Å². The van der Waals surface area contributed by atoms with E-state index >= 15 is 0 Å². The van der Waals surface area contributed by atoms with E-state index in [-0.39, 0.29) is 5.91 Å². The van der Waals surface area contributed by atoms with Crippen molar-refractivity contribution in [1.29, 1.82) is 0 Å². The molecule has 2 heteroatoms. The van der Waals surface area contributed by atoms with E-state index < -0.39 is 0 Å². The minimum absolute atomic E-state index is 0.196. The fraction of sp³-hybridized carbons (Fsp3) is 0.588. The maximum absolute atomic E-state index is 12.1. The third-order valence-corrected chi connectivity index (χ3v) is 4.88. The Hall–Kier alpha value is -1.31. The summed E-state index contributed by atoms with van der Waals surface area (Å²) in [5.41, 5.74) is 2.45. The molecule has 0 heterocycles. The van der Waals surface area contributed by atoms with E-state index in [0.717, 1.165) is 23.8 Å². The summed E-state index contributed by atoms with van der Waals surface area (Å²) in [6.07, 6.45) is 6.84. The summed E-state index contributed by atoms with van der Waals surface area (Å²) in [5.74, 6) is 1.84. The molecule has 2 aliphatic carbocycles. The summed E-state index contributed by atoms with van der Waals surface area (Å²) in [6, 6.07) is 8.87. The molecule has 3 rings (SSSR count). The third kappa shape index (κ3) is 2.83. The van der Waals surface area contributed by atoms with E-state index in [9.17, 15) is 4.79 Å².